The number of carbonyl (C=O) groups is 1. The van der Waals surface area contributed by atoms with Gasteiger partial charge in [0.1, 0.15) is 0 Å². The SMILES string of the molecule is CN=C1NC(=O)C(Cc2cn(Cc3ccccc3)c3ccccc23)O1. The highest BCUT2D eigenvalue weighted by Gasteiger charge is 2.31. The van der Waals surface area contributed by atoms with Crippen LogP contribution in [-0.2, 0) is 22.5 Å². The summed E-state index contributed by atoms with van der Waals surface area (Å²) in [4.78, 5) is 16.0. The van der Waals surface area contributed by atoms with E-state index in [1.54, 1.807) is 7.05 Å². The van der Waals surface area contributed by atoms with Gasteiger partial charge >= 0.3 is 0 Å². The molecule has 0 bridgehead atoms. The van der Waals surface area contributed by atoms with Crippen molar-refractivity contribution >= 4 is 22.8 Å². The number of nitrogens with one attached hydrogen (secondary N) is 1. The monoisotopic (exact) mass is 333 g/mol. The maximum atomic E-state index is 12.1. The average Bonchev–Trinajstić information content (AvgIpc) is 3.17. The molecule has 5 heteroatoms. The number of aromatic nitrogens is 1. The van der Waals surface area contributed by atoms with Crippen LogP contribution in [0.4, 0.5) is 0 Å². The van der Waals surface area contributed by atoms with Crippen molar-refractivity contribution in [2.75, 3.05) is 7.05 Å². The molecule has 1 aromatic heterocycles. The number of ether oxygens (including phenoxy) is 1. The lowest BCUT2D eigenvalue weighted by Gasteiger charge is -2.06. The summed E-state index contributed by atoms with van der Waals surface area (Å²) in [5.74, 6) is -0.138. The highest BCUT2D eigenvalue weighted by Crippen LogP contribution is 2.25. The molecule has 0 radical (unpaired) electrons. The van der Waals surface area contributed by atoms with Crippen molar-refractivity contribution in [1.29, 1.82) is 0 Å². The molecule has 4 rings (SSSR count). The Morgan fingerprint density at radius 2 is 1.88 bits per heavy atom. The van der Waals surface area contributed by atoms with Gasteiger partial charge in [0.15, 0.2) is 6.10 Å². The van der Waals surface area contributed by atoms with Gasteiger partial charge < -0.3 is 9.30 Å². The van der Waals surface area contributed by atoms with E-state index in [2.05, 4.69) is 45.3 Å². The molecular formula is C20H19N3O2. The molecule has 2 aromatic carbocycles. The van der Waals surface area contributed by atoms with E-state index in [1.807, 2.05) is 30.3 Å². The van der Waals surface area contributed by atoms with Crippen LogP contribution in [0.1, 0.15) is 11.1 Å². The van der Waals surface area contributed by atoms with Crippen molar-refractivity contribution in [3.05, 3.63) is 71.9 Å². The number of nitrogens with zero attached hydrogens (tertiary/aromatic N) is 2. The number of para-hydroxylation sites is 1. The Morgan fingerprint density at radius 3 is 2.64 bits per heavy atom. The predicted molar refractivity (Wildman–Crippen MR) is 97.6 cm³/mol. The first-order valence-corrected chi connectivity index (χ1v) is 8.29. The zero-order valence-corrected chi connectivity index (χ0v) is 14.0. The fourth-order valence-electron chi connectivity index (χ4n) is 3.24. The Morgan fingerprint density at radius 1 is 1.12 bits per heavy atom. The van der Waals surface area contributed by atoms with Gasteiger partial charge in [-0.05, 0) is 17.2 Å². The quantitative estimate of drug-likeness (QED) is 0.798. The summed E-state index contributed by atoms with van der Waals surface area (Å²) in [5.41, 5.74) is 3.50. The molecule has 0 aliphatic carbocycles. The van der Waals surface area contributed by atoms with Gasteiger partial charge in [0.25, 0.3) is 11.9 Å². The lowest BCUT2D eigenvalue weighted by molar-refractivity contribution is -0.123. The minimum atomic E-state index is -0.533. The van der Waals surface area contributed by atoms with Crippen LogP contribution >= 0.6 is 0 Å². The fraction of sp³-hybridized carbons (Fsp3) is 0.200. The van der Waals surface area contributed by atoms with Crippen molar-refractivity contribution in [2.45, 2.75) is 19.1 Å². The molecule has 2 heterocycles. The summed E-state index contributed by atoms with van der Waals surface area (Å²) in [6, 6.07) is 18.9. The highest BCUT2D eigenvalue weighted by molar-refractivity contribution is 6.02. The highest BCUT2D eigenvalue weighted by atomic mass is 16.5. The van der Waals surface area contributed by atoms with Gasteiger partial charge in [-0.25, -0.2) is 4.99 Å². The van der Waals surface area contributed by atoms with Gasteiger partial charge in [-0.2, -0.15) is 0 Å². The van der Waals surface area contributed by atoms with Crippen molar-refractivity contribution in [3.8, 4) is 0 Å². The van der Waals surface area contributed by atoms with Crippen LogP contribution < -0.4 is 5.32 Å². The zero-order chi connectivity index (χ0) is 17.2. The average molecular weight is 333 g/mol. The van der Waals surface area contributed by atoms with Crippen molar-refractivity contribution < 1.29 is 9.53 Å². The molecule has 126 valence electrons. The van der Waals surface area contributed by atoms with E-state index in [1.165, 1.54) is 5.56 Å². The molecule has 5 nitrogen and oxygen atoms in total. The van der Waals surface area contributed by atoms with Crippen LogP contribution in [-0.4, -0.2) is 29.6 Å². The third kappa shape index (κ3) is 3.01. The van der Waals surface area contributed by atoms with Gasteiger partial charge in [-0.3, -0.25) is 10.1 Å². The first-order chi connectivity index (χ1) is 12.2. The Bertz CT molecular complexity index is 944. The van der Waals surface area contributed by atoms with E-state index in [0.29, 0.717) is 12.4 Å². The minimum absolute atomic E-state index is 0.138. The molecule has 25 heavy (non-hydrogen) atoms. The third-order valence-corrected chi connectivity index (χ3v) is 4.45. The number of hydrogen-bond acceptors (Lipinski definition) is 3. The lowest BCUT2D eigenvalue weighted by Crippen LogP contribution is -2.26. The van der Waals surface area contributed by atoms with Crippen molar-refractivity contribution in [1.82, 2.24) is 9.88 Å². The second kappa shape index (κ2) is 6.43. The number of amides is 1. The molecule has 1 aliphatic rings. The number of benzene rings is 2. The first kappa shape index (κ1) is 15.4. The molecule has 1 fully saturated rings. The minimum Gasteiger partial charge on any atom is -0.451 e. The van der Waals surface area contributed by atoms with Crippen LogP contribution in [0.5, 0.6) is 0 Å². The first-order valence-electron chi connectivity index (χ1n) is 8.29. The van der Waals surface area contributed by atoms with E-state index in [-0.39, 0.29) is 5.91 Å². The Kier molecular flexibility index (Phi) is 3.98. The number of aliphatic imine (C=N–C) groups is 1. The summed E-state index contributed by atoms with van der Waals surface area (Å²) >= 11 is 0. The van der Waals surface area contributed by atoms with Gasteiger partial charge in [-0.15, -0.1) is 0 Å². The second-order valence-electron chi connectivity index (χ2n) is 6.11. The maximum absolute atomic E-state index is 12.1. The van der Waals surface area contributed by atoms with Gasteiger partial charge in [-0.1, -0.05) is 48.5 Å². The zero-order valence-electron chi connectivity index (χ0n) is 14.0. The molecule has 1 saturated heterocycles. The molecule has 3 aromatic rings. The van der Waals surface area contributed by atoms with Crippen molar-refractivity contribution in [3.63, 3.8) is 0 Å². The topological polar surface area (TPSA) is 55.6 Å². The number of amidine groups is 1. The van der Waals surface area contributed by atoms with Crippen LogP contribution in [0.3, 0.4) is 0 Å². The Labute approximate surface area is 145 Å². The van der Waals surface area contributed by atoms with E-state index in [0.717, 1.165) is 23.0 Å². The van der Waals surface area contributed by atoms with E-state index in [4.69, 9.17) is 4.74 Å². The number of rotatable bonds is 4. The normalized spacial score (nSPS) is 18.5. The smallest absolute Gasteiger partial charge is 0.292 e. The van der Waals surface area contributed by atoms with E-state index >= 15 is 0 Å². The molecule has 1 amide bonds. The van der Waals surface area contributed by atoms with Crippen LogP contribution in [0, 0.1) is 0 Å². The number of carbonyl (C=O) groups excluding carboxylic acids is 1. The van der Waals surface area contributed by atoms with Crippen molar-refractivity contribution in [2.24, 2.45) is 4.99 Å². The van der Waals surface area contributed by atoms with Gasteiger partial charge in [0.2, 0.25) is 0 Å². The van der Waals surface area contributed by atoms with Gasteiger partial charge in [0, 0.05) is 37.1 Å². The summed E-state index contributed by atoms with van der Waals surface area (Å²) in [6.07, 6.45) is 2.11. The van der Waals surface area contributed by atoms with E-state index in [9.17, 15) is 4.79 Å². The molecule has 1 aliphatic heterocycles. The molecule has 1 unspecified atom stereocenters. The molecular weight excluding hydrogens is 314 g/mol. The summed E-state index contributed by atoms with van der Waals surface area (Å²) in [6.45, 7) is 0.792. The fourth-order valence-corrected chi connectivity index (χ4v) is 3.24. The Balaban J connectivity index is 1.67. The second-order valence-corrected chi connectivity index (χ2v) is 6.11. The summed E-state index contributed by atoms with van der Waals surface area (Å²) in [5, 5.41) is 3.80. The number of fused-ring (bicyclic) bond motifs is 1. The summed E-state index contributed by atoms with van der Waals surface area (Å²) in [7, 11) is 1.60. The molecule has 1 N–H and O–H groups in total. The molecule has 0 spiro atoms. The van der Waals surface area contributed by atoms with Crippen LogP contribution in [0.25, 0.3) is 10.9 Å². The standard InChI is InChI=1S/C20H19N3O2/c1-21-20-22-19(24)18(25-20)11-15-13-23(12-14-7-3-2-4-8-14)17-10-6-5-9-16(15)17/h2-10,13,18H,11-12H2,1H3,(H,21,22,24). The maximum Gasteiger partial charge on any atom is 0.292 e. The molecule has 1 atom stereocenters. The molecule has 0 saturated carbocycles. The Hall–Kier alpha value is -3.08. The van der Waals surface area contributed by atoms with Gasteiger partial charge in [0.05, 0.1) is 0 Å². The summed E-state index contributed by atoms with van der Waals surface area (Å²) < 4.78 is 7.81. The largest absolute Gasteiger partial charge is 0.451 e. The third-order valence-electron chi connectivity index (χ3n) is 4.45. The van der Waals surface area contributed by atoms with Crippen LogP contribution in [0.15, 0.2) is 65.8 Å². The van der Waals surface area contributed by atoms with E-state index < -0.39 is 6.10 Å². The number of hydrogen-bond donors (Lipinski definition) is 1. The van der Waals surface area contributed by atoms with Crippen LogP contribution in [0.2, 0.25) is 0 Å². The predicted octanol–water partition coefficient (Wildman–Crippen LogP) is 2.73. The lowest BCUT2D eigenvalue weighted by atomic mass is 10.1.